The lowest BCUT2D eigenvalue weighted by Crippen LogP contribution is -2.25. The Labute approximate surface area is 127 Å². The molecule has 0 aliphatic carbocycles. The Hall–Kier alpha value is -0.890. The summed E-state index contributed by atoms with van der Waals surface area (Å²) < 4.78 is 67.8. The van der Waals surface area contributed by atoms with Crippen molar-refractivity contribution >= 4 is 15.9 Å². The van der Waals surface area contributed by atoms with Crippen molar-refractivity contribution in [2.75, 3.05) is 19.7 Å². The van der Waals surface area contributed by atoms with Crippen LogP contribution >= 0.6 is 15.9 Å². The van der Waals surface area contributed by atoms with Crippen LogP contribution in [0.25, 0.3) is 0 Å². The summed E-state index contributed by atoms with van der Waals surface area (Å²) in [5.74, 6) is -2.63. The van der Waals surface area contributed by atoms with E-state index in [1.807, 2.05) is 0 Å². The van der Waals surface area contributed by atoms with Crippen LogP contribution in [0.5, 0.6) is 5.75 Å². The first-order valence-electron chi connectivity index (χ1n) is 6.22. The Balaban J connectivity index is 2.02. The molecule has 1 saturated heterocycles. The van der Waals surface area contributed by atoms with E-state index in [0.717, 1.165) is 0 Å². The van der Waals surface area contributed by atoms with Crippen LogP contribution in [0.4, 0.5) is 22.0 Å². The van der Waals surface area contributed by atoms with E-state index in [9.17, 15) is 22.0 Å². The van der Waals surface area contributed by atoms with E-state index in [0.29, 0.717) is 10.0 Å². The smallest absolute Gasteiger partial charge is 0.422 e. The average molecular weight is 374 g/mol. The Kier molecular flexibility index (Phi) is 4.77. The second-order valence-electron chi connectivity index (χ2n) is 5.02. The summed E-state index contributed by atoms with van der Waals surface area (Å²) in [7, 11) is 0. The molecule has 2 rings (SSSR count). The summed E-state index contributed by atoms with van der Waals surface area (Å²) >= 11 is 3.18. The fraction of sp³-hybridized carbons (Fsp3) is 0.538. The molecule has 0 radical (unpaired) electrons. The highest BCUT2D eigenvalue weighted by Gasteiger charge is 2.38. The molecule has 0 spiro atoms. The number of ether oxygens (including phenoxy) is 1. The monoisotopic (exact) mass is 373 g/mol. The van der Waals surface area contributed by atoms with Gasteiger partial charge in [-0.05, 0) is 23.8 Å². The van der Waals surface area contributed by atoms with Crippen LogP contribution in [-0.2, 0) is 6.54 Å². The summed E-state index contributed by atoms with van der Waals surface area (Å²) in [6, 6.07) is 4.53. The first-order chi connectivity index (χ1) is 9.63. The molecule has 0 atom stereocenters. The van der Waals surface area contributed by atoms with Crippen LogP contribution in [0.2, 0.25) is 0 Å². The maximum absolute atomic E-state index is 13.1. The van der Waals surface area contributed by atoms with Gasteiger partial charge in [0.05, 0.1) is 6.54 Å². The molecular formula is C13H13BrF5NO. The van der Waals surface area contributed by atoms with Gasteiger partial charge in [0.15, 0.2) is 6.61 Å². The number of benzene rings is 1. The number of likely N-dealkylation sites (tertiary alicyclic amines) is 1. The van der Waals surface area contributed by atoms with Crippen LogP contribution in [0.15, 0.2) is 22.7 Å². The number of alkyl halides is 5. The topological polar surface area (TPSA) is 12.5 Å². The maximum Gasteiger partial charge on any atom is 0.422 e. The van der Waals surface area contributed by atoms with E-state index in [-0.39, 0.29) is 31.8 Å². The highest BCUT2D eigenvalue weighted by Crippen LogP contribution is 2.30. The summed E-state index contributed by atoms with van der Waals surface area (Å²) in [5.41, 5.74) is 0.624. The fourth-order valence-corrected chi connectivity index (χ4v) is 2.68. The molecule has 1 aromatic carbocycles. The summed E-state index contributed by atoms with van der Waals surface area (Å²) in [4.78, 5) is 1.56. The third kappa shape index (κ3) is 5.43. The molecule has 0 saturated carbocycles. The zero-order valence-corrected chi connectivity index (χ0v) is 12.5. The summed E-state index contributed by atoms with van der Waals surface area (Å²) in [6.07, 6.45) is -4.61. The number of nitrogens with zero attached hydrogens (tertiary/aromatic N) is 1. The van der Waals surface area contributed by atoms with Crippen LogP contribution in [-0.4, -0.2) is 36.7 Å². The van der Waals surface area contributed by atoms with Gasteiger partial charge in [0.1, 0.15) is 5.75 Å². The largest absolute Gasteiger partial charge is 0.484 e. The zero-order valence-electron chi connectivity index (χ0n) is 10.9. The second-order valence-corrected chi connectivity index (χ2v) is 5.93. The molecular weight excluding hydrogens is 361 g/mol. The van der Waals surface area contributed by atoms with Crippen molar-refractivity contribution in [2.24, 2.45) is 0 Å². The molecule has 1 heterocycles. The molecule has 118 valence electrons. The molecule has 0 N–H and O–H groups in total. The minimum absolute atomic E-state index is 0.0580. The van der Waals surface area contributed by atoms with Crippen molar-refractivity contribution in [3.8, 4) is 5.75 Å². The molecule has 1 aromatic rings. The van der Waals surface area contributed by atoms with E-state index in [4.69, 9.17) is 0 Å². The number of hydrogen-bond acceptors (Lipinski definition) is 2. The van der Waals surface area contributed by atoms with Gasteiger partial charge < -0.3 is 4.74 Å². The van der Waals surface area contributed by atoms with E-state index in [1.54, 1.807) is 11.0 Å². The molecule has 1 fully saturated rings. The third-order valence-electron chi connectivity index (χ3n) is 2.99. The van der Waals surface area contributed by atoms with Crippen molar-refractivity contribution in [2.45, 2.75) is 25.1 Å². The fourth-order valence-electron chi connectivity index (χ4n) is 2.16. The van der Waals surface area contributed by atoms with E-state index in [2.05, 4.69) is 20.7 Å². The van der Waals surface area contributed by atoms with Crippen molar-refractivity contribution in [3.05, 3.63) is 28.2 Å². The van der Waals surface area contributed by atoms with Crippen LogP contribution < -0.4 is 4.74 Å². The predicted molar refractivity (Wildman–Crippen MR) is 70.5 cm³/mol. The minimum atomic E-state index is -4.42. The minimum Gasteiger partial charge on any atom is -0.484 e. The zero-order chi connectivity index (χ0) is 15.7. The second kappa shape index (κ2) is 6.08. The highest BCUT2D eigenvalue weighted by atomic mass is 79.9. The lowest BCUT2D eigenvalue weighted by atomic mass is 10.2. The van der Waals surface area contributed by atoms with Gasteiger partial charge in [-0.2, -0.15) is 13.2 Å². The number of rotatable bonds is 4. The molecule has 1 aliphatic rings. The van der Waals surface area contributed by atoms with E-state index < -0.39 is 18.7 Å². The summed E-state index contributed by atoms with van der Waals surface area (Å²) in [6.45, 7) is -1.21. The van der Waals surface area contributed by atoms with Crippen molar-refractivity contribution in [1.82, 2.24) is 4.90 Å². The van der Waals surface area contributed by atoms with Gasteiger partial charge in [-0.15, -0.1) is 0 Å². The van der Waals surface area contributed by atoms with Gasteiger partial charge in [0.25, 0.3) is 5.92 Å². The molecule has 1 aliphatic heterocycles. The Morgan fingerprint density at radius 3 is 2.52 bits per heavy atom. The lowest BCUT2D eigenvalue weighted by molar-refractivity contribution is -0.153. The molecule has 0 amide bonds. The van der Waals surface area contributed by atoms with Crippen molar-refractivity contribution in [1.29, 1.82) is 0 Å². The summed E-state index contributed by atoms with van der Waals surface area (Å²) in [5, 5.41) is 0. The highest BCUT2D eigenvalue weighted by molar-refractivity contribution is 9.10. The van der Waals surface area contributed by atoms with E-state index >= 15 is 0 Å². The standard InChI is InChI=1S/C13H13BrF5NO/c14-10-3-9(6-20-2-1-12(15,16)7-20)4-11(5-10)21-8-13(17,18)19/h3-5H,1-2,6-8H2. The predicted octanol–water partition coefficient (Wildman–Crippen LogP) is 4.23. The first-order valence-corrected chi connectivity index (χ1v) is 7.01. The van der Waals surface area contributed by atoms with Gasteiger partial charge in [-0.1, -0.05) is 15.9 Å². The number of hydrogen-bond donors (Lipinski definition) is 0. The van der Waals surface area contributed by atoms with Gasteiger partial charge in [-0.3, -0.25) is 4.90 Å². The van der Waals surface area contributed by atoms with Gasteiger partial charge in [-0.25, -0.2) is 8.78 Å². The Bertz CT molecular complexity index is 506. The van der Waals surface area contributed by atoms with Gasteiger partial charge >= 0.3 is 6.18 Å². The lowest BCUT2D eigenvalue weighted by Gasteiger charge is -2.17. The maximum atomic E-state index is 13.1. The Morgan fingerprint density at radius 2 is 1.95 bits per heavy atom. The molecule has 0 bridgehead atoms. The molecule has 2 nitrogen and oxygen atoms in total. The number of halogens is 6. The Morgan fingerprint density at radius 1 is 1.24 bits per heavy atom. The molecule has 0 aromatic heterocycles. The van der Waals surface area contributed by atoms with Crippen LogP contribution in [0.1, 0.15) is 12.0 Å². The third-order valence-corrected chi connectivity index (χ3v) is 3.45. The first kappa shape index (κ1) is 16.5. The molecule has 8 heteroatoms. The van der Waals surface area contributed by atoms with Gasteiger partial charge in [0.2, 0.25) is 0 Å². The SMILES string of the molecule is FC(F)(F)COc1cc(Br)cc(CN2CCC(F)(F)C2)c1. The quantitative estimate of drug-likeness (QED) is 0.732. The molecule has 0 unspecified atom stereocenters. The van der Waals surface area contributed by atoms with Crippen LogP contribution in [0, 0.1) is 0 Å². The van der Waals surface area contributed by atoms with Crippen molar-refractivity contribution in [3.63, 3.8) is 0 Å². The normalized spacial score (nSPS) is 19.0. The average Bonchev–Trinajstić information content (AvgIpc) is 2.64. The molecule has 21 heavy (non-hydrogen) atoms. The van der Waals surface area contributed by atoms with E-state index in [1.165, 1.54) is 12.1 Å². The van der Waals surface area contributed by atoms with Crippen molar-refractivity contribution < 1.29 is 26.7 Å². The van der Waals surface area contributed by atoms with Gasteiger partial charge in [0, 0.05) is 24.0 Å². The van der Waals surface area contributed by atoms with Crippen LogP contribution in [0.3, 0.4) is 0 Å².